The van der Waals surface area contributed by atoms with Crippen LogP contribution >= 0.6 is 0 Å². The average Bonchev–Trinajstić information content (AvgIpc) is 2.07. The molecule has 1 aromatic rings. The van der Waals surface area contributed by atoms with E-state index < -0.39 is 6.10 Å². The molecule has 2 heteroatoms. The first-order valence-corrected chi connectivity index (χ1v) is 4.96. The van der Waals surface area contributed by atoms with Crippen LogP contribution in [0.1, 0.15) is 38.0 Å². The van der Waals surface area contributed by atoms with Crippen LogP contribution in [0.2, 0.25) is 0 Å². The number of aliphatic hydroxyl groups is 1. The maximum atomic E-state index is 9.38. The molecule has 1 N–H and O–H groups in total. The number of ether oxygens (including phenoxy) is 1. The summed E-state index contributed by atoms with van der Waals surface area (Å²) in [7, 11) is 0. The Morgan fingerprint density at radius 1 is 1.21 bits per heavy atom. The van der Waals surface area contributed by atoms with Gasteiger partial charge in [0.1, 0.15) is 5.75 Å². The zero-order valence-electron chi connectivity index (χ0n) is 9.24. The Morgan fingerprint density at radius 3 is 2.29 bits per heavy atom. The van der Waals surface area contributed by atoms with E-state index in [0.717, 1.165) is 16.9 Å². The summed E-state index contributed by atoms with van der Waals surface area (Å²) in [5.41, 5.74) is 2.00. The van der Waals surface area contributed by atoms with E-state index >= 15 is 0 Å². The van der Waals surface area contributed by atoms with Gasteiger partial charge >= 0.3 is 0 Å². The molecule has 0 saturated carbocycles. The van der Waals surface area contributed by atoms with Gasteiger partial charge in [0, 0.05) is 0 Å². The van der Waals surface area contributed by atoms with E-state index in [1.807, 2.05) is 39.0 Å². The van der Waals surface area contributed by atoms with E-state index in [2.05, 4.69) is 0 Å². The van der Waals surface area contributed by atoms with Crippen LogP contribution < -0.4 is 4.74 Å². The molecule has 0 spiro atoms. The Kier molecular flexibility index (Phi) is 3.53. The second-order valence-corrected chi connectivity index (χ2v) is 3.87. The minimum Gasteiger partial charge on any atom is -0.491 e. The Labute approximate surface area is 85.5 Å². The third-order valence-electron chi connectivity index (χ3n) is 2.04. The first-order chi connectivity index (χ1) is 6.50. The molecule has 0 aliphatic rings. The summed E-state index contributed by atoms with van der Waals surface area (Å²) in [4.78, 5) is 0. The topological polar surface area (TPSA) is 29.5 Å². The molecule has 0 fully saturated rings. The summed E-state index contributed by atoms with van der Waals surface area (Å²) in [6, 6.07) is 5.77. The largest absolute Gasteiger partial charge is 0.491 e. The number of hydrogen-bond donors (Lipinski definition) is 1. The molecule has 0 unspecified atom stereocenters. The second-order valence-electron chi connectivity index (χ2n) is 3.87. The average molecular weight is 194 g/mol. The number of benzene rings is 1. The lowest BCUT2D eigenvalue weighted by Gasteiger charge is -2.14. The van der Waals surface area contributed by atoms with Crippen molar-refractivity contribution in [2.24, 2.45) is 0 Å². The molecule has 0 radical (unpaired) electrons. The third-order valence-corrected chi connectivity index (χ3v) is 2.04. The number of hydrogen-bond acceptors (Lipinski definition) is 2. The summed E-state index contributed by atoms with van der Waals surface area (Å²) in [5.74, 6) is 0.893. The molecule has 14 heavy (non-hydrogen) atoms. The molecule has 0 aliphatic carbocycles. The van der Waals surface area contributed by atoms with Gasteiger partial charge in [-0.05, 0) is 51.0 Å². The maximum Gasteiger partial charge on any atom is 0.122 e. The molecule has 0 saturated heterocycles. The van der Waals surface area contributed by atoms with Crippen LogP contribution in [0.5, 0.6) is 5.75 Å². The Balaban J connectivity index is 2.90. The Morgan fingerprint density at radius 2 is 1.86 bits per heavy atom. The molecule has 0 aromatic heterocycles. The molecule has 1 atom stereocenters. The van der Waals surface area contributed by atoms with Crippen LogP contribution in [0.25, 0.3) is 0 Å². The van der Waals surface area contributed by atoms with Crippen molar-refractivity contribution in [3.05, 3.63) is 29.3 Å². The molecule has 1 rings (SSSR count). The smallest absolute Gasteiger partial charge is 0.122 e. The lowest BCUT2D eigenvalue weighted by Crippen LogP contribution is -2.07. The second kappa shape index (κ2) is 4.47. The van der Waals surface area contributed by atoms with Crippen molar-refractivity contribution in [2.45, 2.75) is 39.9 Å². The van der Waals surface area contributed by atoms with Gasteiger partial charge in [0.25, 0.3) is 0 Å². The van der Waals surface area contributed by atoms with Gasteiger partial charge in [0.15, 0.2) is 0 Å². The van der Waals surface area contributed by atoms with Crippen LogP contribution in [0.15, 0.2) is 18.2 Å². The molecule has 0 aliphatic heterocycles. The molecule has 0 bridgehead atoms. The van der Waals surface area contributed by atoms with Crippen LogP contribution in [0.4, 0.5) is 0 Å². The summed E-state index contributed by atoms with van der Waals surface area (Å²) in [6.45, 7) is 7.76. The zero-order valence-corrected chi connectivity index (χ0v) is 9.24. The fraction of sp³-hybridized carbons (Fsp3) is 0.500. The van der Waals surface area contributed by atoms with Crippen molar-refractivity contribution >= 4 is 0 Å². The van der Waals surface area contributed by atoms with E-state index in [1.165, 1.54) is 0 Å². The summed E-state index contributed by atoms with van der Waals surface area (Å²) < 4.78 is 5.60. The summed E-state index contributed by atoms with van der Waals surface area (Å²) in [6.07, 6.45) is -0.229. The highest BCUT2D eigenvalue weighted by atomic mass is 16.5. The van der Waals surface area contributed by atoms with Crippen molar-refractivity contribution in [2.75, 3.05) is 0 Å². The van der Waals surface area contributed by atoms with Gasteiger partial charge in [-0.1, -0.05) is 6.07 Å². The molecule has 1 aromatic carbocycles. The fourth-order valence-electron chi connectivity index (χ4n) is 1.32. The summed E-state index contributed by atoms with van der Waals surface area (Å²) in [5, 5.41) is 9.38. The van der Waals surface area contributed by atoms with Crippen molar-refractivity contribution in [3.63, 3.8) is 0 Å². The van der Waals surface area contributed by atoms with E-state index in [1.54, 1.807) is 6.92 Å². The highest BCUT2D eigenvalue weighted by molar-refractivity contribution is 5.37. The molecular formula is C12H18O2. The van der Waals surface area contributed by atoms with Gasteiger partial charge in [-0.15, -0.1) is 0 Å². The third kappa shape index (κ3) is 2.74. The summed E-state index contributed by atoms with van der Waals surface area (Å²) >= 11 is 0. The minimum atomic E-state index is -0.415. The lowest BCUT2D eigenvalue weighted by atomic mass is 10.1. The Bertz CT molecular complexity index is 303. The maximum absolute atomic E-state index is 9.38. The van der Waals surface area contributed by atoms with E-state index in [9.17, 15) is 5.11 Å². The lowest BCUT2D eigenvalue weighted by molar-refractivity contribution is 0.198. The quantitative estimate of drug-likeness (QED) is 0.801. The van der Waals surface area contributed by atoms with Gasteiger partial charge in [-0.2, -0.15) is 0 Å². The van der Waals surface area contributed by atoms with Gasteiger partial charge in [0.2, 0.25) is 0 Å². The van der Waals surface area contributed by atoms with E-state index in [0.29, 0.717) is 0 Å². The van der Waals surface area contributed by atoms with Crippen molar-refractivity contribution < 1.29 is 9.84 Å². The minimum absolute atomic E-state index is 0.186. The van der Waals surface area contributed by atoms with Gasteiger partial charge < -0.3 is 9.84 Å². The predicted octanol–water partition coefficient (Wildman–Crippen LogP) is 2.84. The first kappa shape index (κ1) is 11.1. The monoisotopic (exact) mass is 194 g/mol. The Hall–Kier alpha value is -1.02. The highest BCUT2D eigenvalue weighted by Gasteiger charge is 2.05. The fourth-order valence-corrected chi connectivity index (χ4v) is 1.32. The molecule has 78 valence electrons. The van der Waals surface area contributed by atoms with Crippen LogP contribution in [-0.2, 0) is 0 Å². The van der Waals surface area contributed by atoms with Crippen LogP contribution in [-0.4, -0.2) is 11.2 Å². The van der Waals surface area contributed by atoms with Gasteiger partial charge in [-0.3, -0.25) is 0 Å². The zero-order chi connectivity index (χ0) is 10.7. The molecule has 2 nitrogen and oxygen atoms in total. The van der Waals surface area contributed by atoms with Crippen LogP contribution in [0, 0.1) is 6.92 Å². The van der Waals surface area contributed by atoms with E-state index in [-0.39, 0.29) is 6.10 Å². The van der Waals surface area contributed by atoms with Crippen molar-refractivity contribution in [1.29, 1.82) is 0 Å². The standard InChI is InChI=1S/C12H18O2/c1-8(2)14-12-6-5-11(10(4)13)7-9(12)3/h5-8,10,13H,1-4H3/t10-/m1/s1. The number of rotatable bonds is 3. The van der Waals surface area contributed by atoms with Crippen LogP contribution in [0.3, 0.4) is 0 Å². The molecule has 0 amide bonds. The van der Waals surface area contributed by atoms with Gasteiger partial charge in [0.05, 0.1) is 12.2 Å². The van der Waals surface area contributed by atoms with Gasteiger partial charge in [-0.25, -0.2) is 0 Å². The van der Waals surface area contributed by atoms with Crippen molar-refractivity contribution in [1.82, 2.24) is 0 Å². The predicted molar refractivity (Wildman–Crippen MR) is 57.6 cm³/mol. The first-order valence-electron chi connectivity index (χ1n) is 4.96. The SMILES string of the molecule is Cc1cc([C@@H](C)O)ccc1OC(C)C. The van der Waals surface area contributed by atoms with Crippen molar-refractivity contribution in [3.8, 4) is 5.75 Å². The van der Waals surface area contributed by atoms with E-state index in [4.69, 9.17) is 4.74 Å². The molecule has 0 heterocycles. The number of aryl methyl sites for hydroxylation is 1. The normalized spacial score (nSPS) is 13.0. The number of aliphatic hydroxyl groups excluding tert-OH is 1. The highest BCUT2D eigenvalue weighted by Crippen LogP contribution is 2.23. The molecular weight excluding hydrogens is 176 g/mol.